The van der Waals surface area contributed by atoms with E-state index in [2.05, 4.69) is 138 Å². The van der Waals surface area contributed by atoms with Crippen LogP contribution in [0.25, 0.3) is 116 Å². The minimum absolute atomic E-state index is 0.605. The van der Waals surface area contributed by atoms with E-state index in [9.17, 15) is 0 Å². The van der Waals surface area contributed by atoms with Gasteiger partial charge in [0.1, 0.15) is 11.2 Å². The molecule has 3 heterocycles. The first-order valence-corrected chi connectivity index (χ1v) is 19.5. The van der Waals surface area contributed by atoms with E-state index in [4.69, 9.17) is 19.4 Å². The molecule has 0 bridgehead atoms. The summed E-state index contributed by atoms with van der Waals surface area (Å²) >= 11 is 0. The van der Waals surface area contributed by atoms with Gasteiger partial charge in [-0.1, -0.05) is 164 Å². The largest absolute Gasteiger partial charge is 0.455 e. The zero-order chi connectivity index (χ0) is 38.2. The van der Waals surface area contributed by atoms with Gasteiger partial charge in [0.2, 0.25) is 0 Å². The Kier molecular flexibility index (Phi) is 7.16. The van der Waals surface area contributed by atoms with Crippen molar-refractivity contribution < 1.29 is 4.42 Å². The van der Waals surface area contributed by atoms with Crippen molar-refractivity contribution >= 4 is 65.3 Å². The van der Waals surface area contributed by atoms with Gasteiger partial charge in [-0.25, -0.2) is 15.0 Å². The lowest BCUT2D eigenvalue weighted by atomic mass is 9.95. The van der Waals surface area contributed by atoms with E-state index < -0.39 is 0 Å². The monoisotopic (exact) mass is 740 g/mol. The first kappa shape index (κ1) is 32.4. The summed E-state index contributed by atoms with van der Waals surface area (Å²) in [4.78, 5) is 15.4. The van der Waals surface area contributed by atoms with E-state index in [1.165, 1.54) is 32.7 Å². The molecule has 0 atom stereocenters. The van der Waals surface area contributed by atoms with Gasteiger partial charge >= 0.3 is 0 Å². The Labute approximate surface area is 333 Å². The van der Waals surface area contributed by atoms with E-state index in [0.717, 1.165) is 66.1 Å². The summed E-state index contributed by atoms with van der Waals surface area (Å²) in [5.41, 5.74) is 10.1. The highest BCUT2D eigenvalue weighted by atomic mass is 16.3. The number of benzene rings is 9. The van der Waals surface area contributed by atoms with E-state index in [1.54, 1.807) is 0 Å². The fourth-order valence-electron chi connectivity index (χ4n) is 8.88. The van der Waals surface area contributed by atoms with Gasteiger partial charge in [-0.2, -0.15) is 0 Å². The fourth-order valence-corrected chi connectivity index (χ4v) is 8.88. The van der Waals surface area contributed by atoms with Gasteiger partial charge in [-0.3, -0.25) is 0 Å². The summed E-state index contributed by atoms with van der Waals surface area (Å²) < 4.78 is 9.33. The third-order valence-electron chi connectivity index (χ3n) is 11.4. The second kappa shape index (κ2) is 12.8. The highest BCUT2D eigenvalue weighted by Gasteiger charge is 2.23. The van der Waals surface area contributed by atoms with Crippen molar-refractivity contribution in [2.45, 2.75) is 0 Å². The van der Waals surface area contributed by atoms with Crippen molar-refractivity contribution in [3.63, 3.8) is 0 Å². The van der Waals surface area contributed by atoms with Gasteiger partial charge in [0.05, 0.1) is 22.1 Å². The molecule has 3 aromatic heterocycles. The number of furan rings is 1. The van der Waals surface area contributed by atoms with Crippen molar-refractivity contribution in [1.82, 2.24) is 19.5 Å². The van der Waals surface area contributed by atoms with Gasteiger partial charge in [-0.05, 0) is 57.6 Å². The number of nitrogens with zero attached hydrogens (tertiary/aromatic N) is 4. The van der Waals surface area contributed by atoms with Crippen LogP contribution < -0.4 is 0 Å². The molecule has 0 N–H and O–H groups in total. The normalized spacial score (nSPS) is 11.8. The van der Waals surface area contributed by atoms with Gasteiger partial charge in [0.15, 0.2) is 17.5 Å². The van der Waals surface area contributed by atoms with E-state index in [-0.39, 0.29) is 0 Å². The maximum absolute atomic E-state index is 6.90. The molecule has 0 saturated heterocycles. The molecule has 0 aliphatic heterocycles. The second-order valence-corrected chi connectivity index (χ2v) is 14.7. The molecule has 9 aromatic carbocycles. The van der Waals surface area contributed by atoms with E-state index >= 15 is 0 Å². The first-order chi connectivity index (χ1) is 28.8. The molecule has 0 aliphatic carbocycles. The van der Waals surface area contributed by atoms with Gasteiger partial charge in [-0.15, -0.1) is 0 Å². The molecule has 0 aliphatic rings. The lowest BCUT2D eigenvalue weighted by Gasteiger charge is -2.13. The van der Waals surface area contributed by atoms with Crippen molar-refractivity contribution in [1.29, 1.82) is 0 Å². The van der Waals surface area contributed by atoms with Crippen LogP contribution >= 0.6 is 0 Å². The van der Waals surface area contributed by atoms with Gasteiger partial charge < -0.3 is 8.98 Å². The average molecular weight is 741 g/mol. The highest BCUT2D eigenvalue weighted by molar-refractivity contribution is 6.26. The van der Waals surface area contributed by atoms with Crippen LogP contribution in [0.3, 0.4) is 0 Å². The number of hydrogen-bond donors (Lipinski definition) is 0. The number of rotatable bonds is 5. The quantitative estimate of drug-likeness (QED) is 0.176. The minimum Gasteiger partial charge on any atom is -0.455 e. The Bertz CT molecular complexity index is 3500. The van der Waals surface area contributed by atoms with E-state index in [0.29, 0.717) is 17.5 Å². The molecule has 0 fully saturated rings. The van der Waals surface area contributed by atoms with Crippen LogP contribution in [0.2, 0.25) is 0 Å². The highest BCUT2D eigenvalue weighted by Crippen LogP contribution is 2.45. The summed E-state index contributed by atoms with van der Waals surface area (Å²) in [6.07, 6.45) is 0. The van der Waals surface area contributed by atoms with Crippen LogP contribution in [-0.4, -0.2) is 19.5 Å². The lowest BCUT2D eigenvalue weighted by molar-refractivity contribution is 0.672. The average Bonchev–Trinajstić information content (AvgIpc) is 3.85. The fraction of sp³-hybridized carbons (Fsp3) is 0. The van der Waals surface area contributed by atoms with Gasteiger partial charge in [0.25, 0.3) is 0 Å². The Morgan fingerprint density at radius 1 is 0.345 bits per heavy atom. The molecular weight excluding hydrogens is 709 g/mol. The number of fused-ring (bicyclic) bond motifs is 10. The molecule has 5 nitrogen and oxygen atoms in total. The molecule has 0 amide bonds. The topological polar surface area (TPSA) is 56.7 Å². The molecule has 0 radical (unpaired) electrons. The van der Waals surface area contributed by atoms with Crippen LogP contribution in [-0.2, 0) is 0 Å². The summed E-state index contributed by atoms with van der Waals surface area (Å²) in [5.74, 6) is 1.85. The van der Waals surface area contributed by atoms with Crippen LogP contribution in [0.5, 0.6) is 0 Å². The zero-order valence-corrected chi connectivity index (χ0v) is 31.2. The standard InChI is InChI=1S/C53H32N4O/c1-4-17-33(18-5-1)41-32-46-48(38-25-12-10-23-36(38)41)40-27-14-15-28-44(40)57(46)45-29-16-30-47-49(45)43-31-42(37-24-11-13-26-39(37)50(43)58-47)53-55-51(34-19-6-2-7-20-34)54-52(56-53)35-21-8-3-9-22-35/h1-32H. The third-order valence-corrected chi connectivity index (χ3v) is 11.4. The SMILES string of the molecule is c1ccc(-c2nc(-c3ccccc3)nc(-c3cc4c(oc5cccc(-n6c7ccccc7c7c8ccccc8c(-c8ccccc8)cc76)c54)c4ccccc34)n2)cc1. The summed E-state index contributed by atoms with van der Waals surface area (Å²) in [7, 11) is 0. The smallest absolute Gasteiger partial charge is 0.164 e. The molecule has 0 spiro atoms. The Morgan fingerprint density at radius 3 is 1.55 bits per heavy atom. The molecule has 5 heteroatoms. The Balaban J connectivity index is 1.19. The number of para-hydroxylation sites is 1. The van der Waals surface area contributed by atoms with Crippen molar-refractivity contribution in [2.75, 3.05) is 0 Å². The third kappa shape index (κ3) is 4.93. The van der Waals surface area contributed by atoms with Gasteiger partial charge in [0, 0.05) is 38.2 Å². The van der Waals surface area contributed by atoms with Crippen molar-refractivity contribution in [3.8, 4) is 51.0 Å². The Hall–Kier alpha value is -7.89. The maximum Gasteiger partial charge on any atom is 0.164 e. The number of hydrogen-bond acceptors (Lipinski definition) is 4. The molecule has 0 saturated carbocycles. The van der Waals surface area contributed by atoms with Crippen LogP contribution in [0.1, 0.15) is 0 Å². The predicted octanol–water partition coefficient (Wildman–Crippen LogP) is 13.8. The summed E-state index contributed by atoms with van der Waals surface area (Å²) in [6, 6.07) is 67.9. The first-order valence-electron chi connectivity index (χ1n) is 19.5. The van der Waals surface area contributed by atoms with Crippen molar-refractivity contribution in [3.05, 3.63) is 194 Å². The number of aromatic nitrogens is 4. The van der Waals surface area contributed by atoms with Crippen LogP contribution in [0.4, 0.5) is 0 Å². The molecular formula is C53H32N4O. The predicted molar refractivity (Wildman–Crippen MR) is 238 cm³/mol. The van der Waals surface area contributed by atoms with Crippen LogP contribution in [0.15, 0.2) is 199 Å². The molecule has 12 aromatic rings. The molecule has 12 rings (SSSR count). The molecule has 58 heavy (non-hydrogen) atoms. The summed E-state index contributed by atoms with van der Waals surface area (Å²) in [5, 5.41) is 8.93. The minimum atomic E-state index is 0.605. The zero-order valence-electron chi connectivity index (χ0n) is 31.2. The maximum atomic E-state index is 6.90. The molecule has 0 unspecified atom stereocenters. The van der Waals surface area contributed by atoms with Crippen LogP contribution in [0, 0.1) is 0 Å². The molecule has 270 valence electrons. The lowest BCUT2D eigenvalue weighted by Crippen LogP contribution is -2.00. The van der Waals surface area contributed by atoms with E-state index in [1.807, 2.05) is 60.7 Å². The summed E-state index contributed by atoms with van der Waals surface area (Å²) in [6.45, 7) is 0. The Morgan fingerprint density at radius 2 is 0.879 bits per heavy atom. The van der Waals surface area contributed by atoms with Crippen molar-refractivity contribution in [2.24, 2.45) is 0 Å². The second-order valence-electron chi connectivity index (χ2n) is 14.7.